The van der Waals surface area contributed by atoms with Crippen LogP contribution in [-0.2, 0) is 16.8 Å². The monoisotopic (exact) mass is 501 g/mol. The van der Waals surface area contributed by atoms with Gasteiger partial charge in [0.2, 0.25) is 5.95 Å². The summed E-state index contributed by atoms with van der Waals surface area (Å²) in [7, 11) is -1.75. The molecule has 0 bridgehead atoms. The Morgan fingerprint density at radius 2 is 2.26 bits per heavy atom. The minimum atomic E-state index is -3.38. The van der Waals surface area contributed by atoms with Gasteiger partial charge >= 0.3 is 0 Å². The molecular weight excluding hydrogens is 474 g/mol. The van der Waals surface area contributed by atoms with Crippen LogP contribution in [-0.4, -0.2) is 60.5 Å². The molecule has 2 aromatic heterocycles. The van der Waals surface area contributed by atoms with Gasteiger partial charge in [-0.15, -0.1) is 11.3 Å². The average molecular weight is 502 g/mol. The Hall–Kier alpha value is -3.06. The van der Waals surface area contributed by atoms with Crippen molar-refractivity contribution >= 4 is 33.2 Å². The van der Waals surface area contributed by atoms with Crippen molar-refractivity contribution in [2.75, 3.05) is 38.6 Å². The fourth-order valence-electron chi connectivity index (χ4n) is 3.43. The number of ether oxygens (including phenoxy) is 1. The van der Waals surface area contributed by atoms with E-state index in [2.05, 4.69) is 26.6 Å². The third kappa shape index (κ3) is 6.08. The van der Waals surface area contributed by atoms with Crippen LogP contribution in [0.4, 0.5) is 5.95 Å². The first-order chi connectivity index (χ1) is 16.4. The lowest BCUT2D eigenvalue weighted by atomic mass is 10.2. The number of thiazole rings is 1. The van der Waals surface area contributed by atoms with E-state index in [0.29, 0.717) is 44.4 Å². The maximum atomic E-state index is 12.0. The summed E-state index contributed by atoms with van der Waals surface area (Å²) in [6, 6.07) is 9.47. The summed E-state index contributed by atoms with van der Waals surface area (Å²) in [4.78, 5) is 14.3. The van der Waals surface area contributed by atoms with Crippen LogP contribution < -0.4 is 19.6 Å². The molecule has 0 atom stereocenters. The topological polar surface area (TPSA) is 114 Å². The normalized spacial score (nSPS) is 16.3. The molecule has 180 valence electrons. The van der Waals surface area contributed by atoms with Crippen molar-refractivity contribution in [1.82, 2.24) is 23.6 Å². The van der Waals surface area contributed by atoms with Gasteiger partial charge in [-0.1, -0.05) is 18.7 Å². The molecule has 0 aliphatic carbocycles. The molecule has 0 radical (unpaired) electrons. The molecule has 0 spiro atoms. The second-order valence-electron chi connectivity index (χ2n) is 7.55. The van der Waals surface area contributed by atoms with Crippen LogP contribution in [0.25, 0.3) is 5.70 Å². The molecule has 0 saturated carbocycles. The standard InChI is InChI=1S/C22H27N7O3S2/c1-17(18-5-3-6-20(15-18)32-2)26-22-28(13-14-33-22)16-19-7-9-23-21(27-19)24-10-12-29-11-4-8-25-34(29,30)31/h3,5-7,9,13-15,25H,1,4,8,10-12,16H2,2H3,(H,23,24,27). The summed E-state index contributed by atoms with van der Waals surface area (Å²) >= 11 is 1.51. The van der Waals surface area contributed by atoms with Crippen LogP contribution in [0.2, 0.25) is 0 Å². The van der Waals surface area contributed by atoms with Crippen LogP contribution in [0.15, 0.2) is 59.7 Å². The number of hydrogen-bond donors (Lipinski definition) is 2. The quantitative estimate of drug-likeness (QED) is 0.463. The highest BCUT2D eigenvalue weighted by Gasteiger charge is 2.24. The van der Waals surface area contributed by atoms with Crippen molar-refractivity contribution in [3.8, 4) is 5.75 Å². The Bertz CT molecular complexity index is 1320. The van der Waals surface area contributed by atoms with Crippen LogP contribution in [0.3, 0.4) is 0 Å². The van der Waals surface area contributed by atoms with Gasteiger partial charge in [0, 0.05) is 49.5 Å². The number of methoxy groups -OCH3 is 1. The summed E-state index contributed by atoms with van der Waals surface area (Å²) < 4.78 is 35.3. The molecule has 1 fully saturated rings. The molecule has 1 aromatic carbocycles. The first-order valence-corrected chi connectivity index (χ1v) is 13.1. The van der Waals surface area contributed by atoms with Crippen molar-refractivity contribution in [3.05, 3.63) is 70.7 Å². The number of nitrogens with zero attached hydrogens (tertiary/aromatic N) is 5. The summed E-state index contributed by atoms with van der Waals surface area (Å²) in [6.07, 6.45) is 4.43. The molecule has 3 aromatic rings. The first-order valence-electron chi connectivity index (χ1n) is 10.8. The molecule has 0 unspecified atom stereocenters. The lowest BCUT2D eigenvalue weighted by Gasteiger charge is -2.26. The Morgan fingerprint density at radius 3 is 3.09 bits per heavy atom. The Morgan fingerprint density at radius 1 is 1.38 bits per heavy atom. The van der Waals surface area contributed by atoms with E-state index in [-0.39, 0.29) is 0 Å². The Balaban J connectivity index is 1.41. The molecule has 34 heavy (non-hydrogen) atoms. The second kappa shape index (κ2) is 10.9. The molecule has 4 rings (SSSR count). The van der Waals surface area contributed by atoms with E-state index in [4.69, 9.17) is 9.73 Å². The number of anilines is 1. The van der Waals surface area contributed by atoms with Gasteiger partial charge in [0.25, 0.3) is 10.2 Å². The van der Waals surface area contributed by atoms with E-state index >= 15 is 0 Å². The summed E-state index contributed by atoms with van der Waals surface area (Å²) in [5.74, 6) is 1.21. The van der Waals surface area contributed by atoms with Gasteiger partial charge in [0.1, 0.15) is 5.75 Å². The van der Waals surface area contributed by atoms with E-state index in [1.165, 1.54) is 15.6 Å². The zero-order valence-corrected chi connectivity index (χ0v) is 20.5. The van der Waals surface area contributed by atoms with Gasteiger partial charge in [-0.25, -0.2) is 19.7 Å². The van der Waals surface area contributed by atoms with Crippen molar-refractivity contribution in [1.29, 1.82) is 0 Å². The SMILES string of the molecule is C=C(N=c1sccn1Cc1ccnc(NCCN2CCCNS2(=O)=O)n1)c1cccc(OC)c1. The maximum absolute atomic E-state index is 12.0. The molecular formula is C22H27N7O3S2. The average Bonchev–Trinajstić information content (AvgIpc) is 3.26. The van der Waals surface area contributed by atoms with Gasteiger partial charge in [-0.05, 0) is 24.6 Å². The second-order valence-corrected chi connectivity index (χ2v) is 10.2. The number of aromatic nitrogens is 3. The number of benzene rings is 1. The summed E-state index contributed by atoms with van der Waals surface area (Å²) in [5.41, 5.74) is 2.33. The van der Waals surface area contributed by atoms with Gasteiger partial charge in [0.05, 0.1) is 25.0 Å². The molecule has 2 N–H and O–H groups in total. The number of nitrogens with one attached hydrogen (secondary N) is 2. The Labute approximate surface area is 202 Å². The third-order valence-electron chi connectivity index (χ3n) is 5.19. The maximum Gasteiger partial charge on any atom is 0.279 e. The lowest BCUT2D eigenvalue weighted by molar-refractivity contribution is 0.383. The van der Waals surface area contributed by atoms with Crippen molar-refractivity contribution in [3.63, 3.8) is 0 Å². The molecule has 1 aliphatic rings. The van der Waals surface area contributed by atoms with E-state index in [9.17, 15) is 8.42 Å². The first kappa shape index (κ1) is 24.1. The predicted molar refractivity (Wildman–Crippen MR) is 133 cm³/mol. The van der Waals surface area contributed by atoms with Gasteiger partial charge in [-0.3, -0.25) is 0 Å². The largest absolute Gasteiger partial charge is 0.497 e. The van der Waals surface area contributed by atoms with Crippen molar-refractivity contribution in [2.45, 2.75) is 13.0 Å². The smallest absolute Gasteiger partial charge is 0.279 e. The minimum absolute atomic E-state index is 0.345. The van der Waals surface area contributed by atoms with Gasteiger partial charge in [-0.2, -0.15) is 12.7 Å². The number of rotatable bonds is 9. The van der Waals surface area contributed by atoms with Crippen LogP contribution in [0, 0.1) is 0 Å². The molecule has 1 saturated heterocycles. The molecule has 1 aliphatic heterocycles. The lowest BCUT2D eigenvalue weighted by Crippen LogP contribution is -2.48. The summed E-state index contributed by atoms with van der Waals surface area (Å²) in [6.45, 7) is 6.37. The highest BCUT2D eigenvalue weighted by atomic mass is 32.2. The third-order valence-corrected chi connectivity index (χ3v) is 7.60. The van der Waals surface area contributed by atoms with E-state index in [0.717, 1.165) is 28.2 Å². The Kier molecular flexibility index (Phi) is 7.73. The zero-order valence-electron chi connectivity index (χ0n) is 18.8. The fraction of sp³-hybridized carbons (Fsp3) is 0.318. The van der Waals surface area contributed by atoms with Crippen molar-refractivity contribution < 1.29 is 13.2 Å². The highest BCUT2D eigenvalue weighted by Crippen LogP contribution is 2.19. The molecule has 3 heterocycles. The molecule has 0 amide bonds. The van der Waals surface area contributed by atoms with Crippen LogP contribution in [0.5, 0.6) is 5.75 Å². The molecule has 12 heteroatoms. The summed E-state index contributed by atoms with van der Waals surface area (Å²) in [5, 5.41) is 5.08. The van der Waals surface area contributed by atoms with Gasteiger partial charge < -0.3 is 14.6 Å². The van der Waals surface area contributed by atoms with Gasteiger partial charge in [0.15, 0.2) is 4.80 Å². The van der Waals surface area contributed by atoms with E-state index in [1.54, 1.807) is 13.3 Å². The van der Waals surface area contributed by atoms with E-state index in [1.807, 2.05) is 46.5 Å². The molecule has 10 nitrogen and oxygen atoms in total. The number of hydrogen-bond acceptors (Lipinski definition) is 8. The van der Waals surface area contributed by atoms with Crippen LogP contribution >= 0.6 is 11.3 Å². The van der Waals surface area contributed by atoms with Crippen molar-refractivity contribution in [2.24, 2.45) is 4.99 Å². The fourth-order valence-corrected chi connectivity index (χ4v) is 5.47. The van der Waals surface area contributed by atoms with Crippen LogP contribution in [0.1, 0.15) is 17.7 Å². The van der Waals surface area contributed by atoms with E-state index < -0.39 is 10.2 Å². The zero-order chi connectivity index (χ0) is 24.0. The highest BCUT2D eigenvalue weighted by molar-refractivity contribution is 7.87. The predicted octanol–water partition coefficient (Wildman–Crippen LogP) is 1.92. The minimum Gasteiger partial charge on any atom is -0.497 e.